The Morgan fingerprint density at radius 1 is 1.00 bits per heavy atom. The van der Waals surface area contributed by atoms with Crippen LogP contribution in [0.3, 0.4) is 0 Å². The van der Waals surface area contributed by atoms with Crippen molar-refractivity contribution >= 4 is 23.0 Å². The van der Waals surface area contributed by atoms with E-state index in [1.165, 1.54) is 23.1 Å². The summed E-state index contributed by atoms with van der Waals surface area (Å²) in [6.45, 7) is 4.81. The van der Waals surface area contributed by atoms with Crippen LogP contribution in [0.1, 0.15) is 49.7 Å². The fourth-order valence-electron chi connectivity index (χ4n) is 4.13. The van der Waals surface area contributed by atoms with Crippen molar-refractivity contribution in [3.8, 4) is 16.9 Å². The quantitative estimate of drug-likeness (QED) is 0.347. The van der Waals surface area contributed by atoms with Gasteiger partial charge in [0.05, 0.1) is 6.54 Å². The number of ether oxygens (including phenoxy) is 2. The molecule has 210 valence electrons. The van der Waals surface area contributed by atoms with E-state index in [0.717, 1.165) is 6.07 Å². The molecule has 1 aliphatic rings. The first-order valence-corrected chi connectivity index (χ1v) is 12.2. The van der Waals surface area contributed by atoms with Crippen LogP contribution >= 0.6 is 0 Å². The molecule has 0 radical (unpaired) electrons. The van der Waals surface area contributed by atoms with E-state index >= 15 is 0 Å². The Labute approximate surface area is 220 Å². The van der Waals surface area contributed by atoms with Crippen molar-refractivity contribution in [1.82, 2.24) is 10.2 Å². The van der Waals surface area contributed by atoms with E-state index in [1.54, 1.807) is 39.0 Å². The van der Waals surface area contributed by atoms with E-state index in [-0.39, 0.29) is 36.5 Å². The summed E-state index contributed by atoms with van der Waals surface area (Å²) in [5, 5.41) is 2.78. The van der Waals surface area contributed by atoms with E-state index < -0.39 is 48.5 Å². The monoisotopic (exact) mass is 554 g/mol. The molecule has 12 heteroatoms. The predicted molar refractivity (Wildman–Crippen MR) is 131 cm³/mol. The number of amides is 2. The molecule has 0 bridgehead atoms. The molecule has 0 unspecified atom stereocenters. The maximum absolute atomic E-state index is 13.4. The van der Waals surface area contributed by atoms with Crippen LogP contribution in [0.25, 0.3) is 22.1 Å². The summed E-state index contributed by atoms with van der Waals surface area (Å²) in [5.41, 5.74) is 0.218. The lowest BCUT2D eigenvalue weighted by Gasteiger charge is -2.31. The molecule has 2 heterocycles. The summed E-state index contributed by atoms with van der Waals surface area (Å²) < 4.78 is 81.2. The Balaban J connectivity index is 1.57. The molecule has 1 aliphatic heterocycles. The lowest BCUT2D eigenvalue weighted by atomic mass is 10.0. The van der Waals surface area contributed by atoms with Gasteiger partial charge < -0.3 is 24.1 Å². The minimum Gasteiger partial charge on any atom is -0.455 e. The van der Waals surface area contributed by atoms with Crippen LogP contribution in [-0.4, -0.2) is 47.9 Å². The molecule has 4 rings (SSSR count). The number of likely N-dealkylation sites (tertiary alicyclic amines) is 1. The van der Waals surface area contributed by atoms with Crippen LogP contribution < -0.4 is 10.1 Å². The number of piperidine rings is 1. The summed E-state index contributed by atoms with van der Waals surface area (Å²) in [5.74, 6) is -3.58. The summed E-state index contributed by atoms with van der Waals surface area (Å²) in [6, 6.07) is 10.3. The van der Waals surface area contributed by atoms with Gasteiger partial charge in [0.2, 0.25) is 0 Å². The van der Waals surface area contributed by atoms with Gasteiger partial charge in [0.25, 0.3) is 11.8 Å². The molecule has 7 nitrogen and oxygen atoms in total. The molecular formula is C27H27F5N2O5. The average molecular weight is 555 g/mol. The highest BCUT2D eigenvalue weighted by atomic mass is 19.4. The van der Waals surface area contributed by atoms with Crippen molar-refractivity contribution in [2.75, 3.05) is 13.1 Å². The number of alkyl halides is 5. The Kier molecular flexibility index (Phi) is 7.50. The zero-order chi connectivity index (χ0) is 28.6. The minimum atomic E-state index is -4.99. The second-order valence-corrected chi connectivity index (χ2v) is 10.2. The third kappa shape index (κ3) is 7.39. The van der Waals surface area contributed by atoms with E-state index in [9.17, 15) is 31.5 Å². The number of hydrogen-bond acceptors (Lipinski definition) is 5. The number of hydrogen-bond donors (Lipinski definition) is 1. The Hall–Kier alpha value is -3.83. The number of rotatable bonds is 5. The molecule has 39 heavy (non-hydrogen) atoms. The van der Waals surface area contributed by atoms with Crippen molar-refractivity contribution in [2.45, 2.75) is 58.0 Å². The zero-order valence-corrected chi connectivity index (χ0v) is 21.5. The first-order chi connectivity index (χ1) is 18.1. The average Bonchev–Trinajstić information content (AvgIpc) is 3.24. The Bertz CT molecular complexity index is 1350. The largest absolute Gasteiger partial charge is 0.573 e. The van der Waals surface area contributed by atoms with Crippen LogP contribution in [0, 0.1) is 0 Å². The molecule has 2 aromatic carbocycles. The lowest BCUT2D eigenvalue weighted by Crippen LogP contribution is -2.42. The molecule has 1 aromatic heterocycles. The molecule has 0 spiro atoms. The summed E-state index contributed by atoms with van der Waals surface area (Å²) >= 11 is 0. The molecule has 1 N–H and O–H groups in total. The normalized spacial score (nSPS) is 15.7. The van der Waals surface area contributed by atoms with Crippen LogP contribution in [-0.2, 0) is 11.3 Å². The number of nitrogens with zero attached hydrogens (tertiary/aromatic N) is 1. The smallest absolute Gasteiger partial charge is 0.455 e. The Morgan fingerprint density at radius 3 is 2.23 bits per heavy atom. The molecule has 0 aliphatic carbocycles. The molecule has 1 fully saturated rings. The van der Waals surface area contributed by atoms with Gasteiger partial charge in [0, 0.05) is 36.9 Å². The standard InChI is InChI=1S/C27H27F5N2O5/c1-25(2,3)39-24(36)33-15-20-13-19-12-18(14-21(22(19)37-20)38-27(30,31)32)16-4-6-17(7-5-16)23(35)34-10-8-26(28,29)9-11-34/h4-7,12-14H,8-11,15H2,1-3H3,(H,33,36). The van der Waals surface area contributed by atoms with Crippen LogP contribution in [0.15, 0.2) is 46.9 Å². The number of fused-ring (bicyclic) bond motifs is 1. The molecule has 2 amide bonds. The number of halogens is 5. The third-order valence-electron chi connectivity index (χ3n) is 5.91. The van der Waals surface area contributed by atoms with Gasteiger partial charge in [0.1, 0.15) is 11.4 Å². The topological polar surface area (TPSA) is 81.0 Å². The van der Waals surface area contributed by atoms with Gasteiger partial charge in [-0.3, -0.25) is 4.79 Å². The van der Waals surface area contributed by atoms with E-state index in [2.05, 4.69) is 10.1 Å². The number of nitrogens with one attached hydrogen (secondary N) is 1. The highest BCUT2D eigenvalue weighted by Gasteiger charge is 2.36. The van der Waals surface area contributed by atoms with Crippen molar-refractivity contribution in [2.24, 2.45) is 0 Å². The van der Waals surface area contributed by atoms with Gasteiger partial charge in [-0.05, 0) is 62.2 Å². The van der Waals surface area contributed by atoms with Crippen molar-refractivity contribution in [1.29, 1.82) is 0 Å². The number of carbonyl (C=O) groups excluding carboxylic acids is 2. The first-order valence-electron chi connectivity index (χ1n) is 12.2. The second kappa shape index (κ2) is 10.4. The number of carbonyl (C=O) groups is 2. The van der Waals surface area contributed by atoms with Crippen LogP contribution in [0.5, 0.6) is 5.75 Å². The Morgan fingerprint density at radius 2 is 1.64 bits per heavy atom. The summed E-state index contributed by atoms with van der Waals surface area (Å²) in [7, 11) is 0. The maximum atomic E-state index is 13.4. The van der Waals surface area contributed by atoms with Gasteiger partial charge in [-0.15, -0.1) is 13.2 Å². The maximum Gasteiger partial charge on any atom is 0.573 e. The first kappa shape index (κ1) is 28.2. The fraction of sp³-hybridized carbons (Fsp3) is 0.407. The van der Waals surface area contributed by atoms with Gasteiger partial charge in [-0.2, -0.15) is 0 Å². The lowest BCUT2D eigenvalue weighted by molar-refractivity contribution is -0.274. The SMILES string of the molecule is CC(C)(C)OC(=O)NCc1cc2cc(-c3ccc(C(=O)N4CCC(F)(F)CC4)cc3)cc(OC(F)(F)F)c2o1. The summed E-state index contributed by atoms with van der Waals surface area (Å²) in [4.78, 5) is 26.0. The zero-order valence-electron chi connectivity index (χ0n) is 21.5. The van der Waals surface area contributed by atoms with Gasteiger partial charge in [-0.25, -0.2) is 13.6 Å². The van der Waals surface area contributed by atoms with E-state index in [4.69, 9.17) is 9.15 Å². The second-order valence-electron chi connectivity index (χ2n) is 10.2. The minimum absolute atomic E-state index is 0.0615. The fourth-order valence-corrected chi connectivity index (χ4v) is 4.13. The predicted octanol–water partition coefficient (Wildman–Crippen LogP) is 6.89. The highest BCUT2D eigenvalue weighted by Crippen LogP contribution is 2.37. The van der Waals surface area contributed by atoms with Gasteiger partial charge in [-0.1, -0.05) is 12.1 Å². The van der Waals surface area contributed by atoms with Crippen LogP contribution in [0.2, 0.25) is 0 Å². The number of furan rings is 1. The summed E-state index contributed by atoms with van der Waals surface area (Å²) in [6.07, 6.45) is -6.52. The van der Waals surface area contributed by atoms with Gasteiger partial charge in [0.15, 0.2) is 11.3 Å². The van der Waals surface area contributed by atoms with Crippen molar-refractivity contribution < 1.29 is 45.4 Å². The van der Waals surface area contributed by atoms with E-state index in [0.29, 0.717) is 16.5 Å². The van der Waals surface area contributed by atoms with Crippen molar-refractivity contribution in [3.05, 3.63) is 53.8 Å². The highest BCUT2D eigenvalue weighted by molar-refractivity contribution is 5.95. The molecule has 1 saturated heterocycles. The van der Waals surface area contributed by atoms with E-state index in [1.807, 2.05) is 0 Å². The molecule has 3 aromatic rings. The third-order valence-corrected chi connectivity index (χ3v) is 5.91. The molecule has 0 atom stereocenters. The number of benzene rings is 2. The molecule has 0 saturated carbocycles. The van der Waals surface area contributed by atoms with Gasteiger partial charge >= 0.3 is 12.5 Å². The molecular weight excluding hydrogens is 527 g/mol. The van der Waals surface area contributed by atoms with Crippen molar-refractivity contribution in [3.63, 3.8) is 0 Å². The van der Waals surface area contributed by atoms with Crippen LogP contribution in [0.4, 0.5) is 26.7 Å². The number of alkyl carbamates (subject to hydrolysis) is 1.